The van der Waals surface area contributed by atoms with Gasteiger partial charge >= 0.3 is 0 Å². The van der Waals surface area contributed by atoms with Gasteiger partial charge in [0.25, 0.3) is 0 Å². The average molecular weight is 306 g/mol. The molecule has 22 heavy (non-hydrogen) atoms. The Kier molecular flexibility index (Phi) is 3.57. The molecule has 2 aliphatic heterocycles. The normalized spacial score (nSPS) is 30.2. The first kappa shape index (κ1) is 15.5. The third kappa shape index (κ3) is 2.77. The van der Waals surface area contributed by atoms with Crippen LogP contribution in [0.2, 0.25) is 0 Å². The SMILES string of the molecule is Cn1cc(N2CC[C@H](N[C@H]3CC(C)(C)OC3(C)C)C2=O)cn1. The van der Waals surface area contributed by atoms with Crippen molar-refractivity contribution in [3.8, 4) is 0 Å². The largest absolute Gasteiger partial charge is 0.368 e. The minimum Gasteiger partial charge on any atom is -0.368 e. The Labute approximate surface area is 131 Å². The van der Waals surface area contributed by atoms with Crippen LogP contribution in [0, 0.1) is 0 Å². The van der Waals surface area contributed by atoms with E-state index in [0.29, 0.717) is 0 Å². The highest BCUT2D eigenvalue weighted by atomic mass is 16.5. The lowest BCUT2D eigenvalue weighted by Gasteiger charge is -2.29. The molecule has 2 saturated heterocycles. The summed E-state index contributed by atoms with van der Waals surface area (Å²) in [7, 11) is 1.86. The molecule has 6 nitrogen and oxygen atoms in total. The highest BCUT2D eigenvalue weighted by Gasteiger charge is 2.48. The van der Waals surface area contributed by atoms with Crippen molar-refractivity contribution in [2.24, 2.45) is 7.05 Å². The quantitative estimate of drug-likeness (QED) is 0.918. The summed E-state index contributed by atoms with van der Waals surface area (Å²) in [6, 6.07) is 0.0484. The van der Waals surface area contributed by atoms with Crippen LogP contribution in [0.3, 0.4) is 0 Å². The van der Waals surface area contributed by atoms with E-state index in [9.17, 15) is 4.79 Å². The summed E-state index contributed by atoms with van der Waals surface area (Å²) in [6.45, 7) is 9.14. The van der Waals surface area contributed by atoms with Crippen LogP contribution in [0.25, 0.3) is 0 Å². The van der Waals surface area contributed by atoms with E-state index < -0.39 is 0 Å². The molecule has 3 rings (SSSR count). The average Bonchev–Trinajstić information content (AvgIpc) is 2.99. The third-order valence-corrected chi connectivity index (χ3v) is 4.69. The van der Waals surface area contributed by atoms with Crippen LogP contribution in [-0.2, 0) is 16.6 Å². The van der Waals surface area contributed by atoms with Crippen LogP contribution in [0.1, 0.15) is 40.5 Å². The Morgan fingerprint density at radius 1 is 1.36 bits per heavy atom. The molecule has 2 aliphatic rings. The molecule has 1 N–H and O–H groups in total. The number of aromatic nitrogens is 2. The molecule has 0 aliphatic carbocycles. The number of amides is 1. The van der Waals surface area contributed by atoms with Gasteiger partial charge in [-0.15, -0.1) is 0 Å². The first-order valence-corrected chi connectivity index (χ1v) is 7.94. The van der Waals surface area contributed by atoms with Crippen LogP contribution in [0.5, 0.6) is 0 Å². The number of ether oxygens (including phenoxy) is 1. The molecule has 0 saturated carbocycles. The molecule has 6 heteroatoms. The molecule has 1 aromatic heterocycles. The smallest absolute Gasteiger partial charge is 0.244 e. The van der Waals surface area contributed by atoms with Gasteiger partial charge in [0.05, 0.1) is 29.1 Å². The molecule has 0 aromatic carbocycles. The highest BCUT2D eigenvalue weighted by molar-refractivity contribution is 5.99. The van der Waals surface area contributed by atoms with Gasteiger partial charge < -0.3 is 15.0 Å². The Bertz CT molecular complexity index is 578. The van der Waals surface area contributed by atoms with Crippen molar-refractivity contribution in [3.05, 3.63) is 12.4 Å². The standard InChI is InChI=1S/C16H26N4O2/c1-15(2)8-13(16(3,4)22-15)18-12-6-7-20(14(12)21)11-9-17-19(5)10-11/h9-10,12-13,18H,6-8H2,1-5H3/t12-,13-/m0/s1. The van der Waals surface area contributed by atoms with Gasteiger partial charge in [-0.2, -0.15) is 5.10 Å². The van der Waals surface area contributed by atoms with Crippen molar-refractivity contribution >= 4 is 11.6 Å². The van der Waals surface area contributed by atoms with Crippen LogP contribution >= 0.6 is 0 Å². The zero-order valence-electron chi connectivity index (χ0n) is 14.1. The van der Waals surface area contributed by atoms with Crippen molar-refractivity contribution in [3.63, 3.8) is 0 Å². The number of hydrogen-bond donors (Lipinski definition) is 1. The van der Waals surface area contributed by atoms with Crippen LogP contribution < -0.4 is 10.2 Å². The Balaban J connectivity index is 1.69. The summed E-state index contributed by atoms with van der Waals surface area (Å²) >= 11 is 0. The van der Waals surface area contributed by atoms with E-state index in [1.807, 2.05) is 18.1 Å². The van der Waals surface area contributed by atoms with Crippen LogP contribution in [0.15, 0.2) is 12.4 Å². The predicted octanol–water partition coefficient (Wildman–Crippen LogP) is 1.46. The summed E-state index contributed by atoms with van der Waals surface area (Å²) in [5.41, 5.74) is 0.469. The van der Waals surface area contributed by atoms with E-state index in [2.05, 4.69) is 38.1 Å². The molecule has 0 spiro atoms. The maximum atomic E-state index is 12.7. The van der Waals surface area contributed by atoms with Gasteiger partial charge in [-0.3, -0.25) is 9.48 Å². The number of carbonyl (C=O) groups is 1. The van der Waals surface area contributed by atoms with Gasteiger partial charge in [-0.25, -0.2) is 0 Å². The van der Waals surface area contributed by atoms with E-state index in [-0.39, 0.29) is 29.2 Å². The first-order valence-electron chi connectivity index (χ1n) is 7.94. The highest BCUT2D eigenvalue weighted by Crippen LogP contribution is 2.38. The summed E-state index contributed by atoms with van der Waals surface area (Å²) < 4.78 is 7.83. The number of carbonyl (C=O) groups excluding carboxylic acids is 1. The fraction of sp³-hybridized carbons (Fsp3) is 0.750. The number of anilines is 1. The van der Waals surface area contributed by atoms with Gasteiger partial charge in [-0.05, 0) is 40.5 Å². The van der Waals surface area contributed by atoms with E-state index >= 15 is 0 Å². The molecule has 122 valence electrons. The van der Waals surface area contributed by atoms with Crippen molar-refractivity contribution < 1.29 is 9.53 Å². The van der Waals surface area contributed by atoms with E-state index in [0.717, 1.165) is 25.1 Å². The number of nitrogens with zero attached hydrogens (tertiary/aromatic N) is 3. The molecule has 0 radical (unpaired) electrons. The molecular formula is C16H26N4O2. The third-order valence-electron chi connectivity index (χ3n) is 4.69. The lowest BCUT2D eigenvalue weighted by molar-refractivity contribution is -0.119. The minimum atomic E-state index is -0.258. The molecule has 0 unspecified atom stereocenters. The van der Waals surface area contributed by atoms with Crippen LogP contribution in [0.4, 0.5) is 5.69 Å². The van der Waals surface area contributed by atoms with E-state index in [4.69, 9.17) is 4.74 Å². The molecule has 1 amide bonds. The monoisotopic (exact) mass is 306 g/mol. The second kappa shape index (κ2) is 5.06. The van der Waals surface area contributed by atoms with Gasteiger partial charge in [0.15, 0.2) is 0 Å². The zero-order valence-corrected chi connectivity index (χ0v) is 14.1. The Hall–Kier alpha value is -1.40. The topological polar surface area (TPSA) is 59.4 Å². The van der Waals surface area contributed by atoms with E-state index in [1.165, 1.54) is 0 Å². The fourth-order valence-corrected chi connectivity index (χ4v) is 3.70. The summed E-state index contributed by atoms with van der Waals surface area (Å²) in [4.78, 5) is 14.5. The van der Waals surface area contributed by atoms with Crippen molar-refractivity contribution in [1.29, 1.82) is 0 Å². The molecule has 3 heterocycles. The summed E-state index contributed by atoms with van der Waals surface area (Å²) in [6.07, 6.45) is 5.36. The number of hydrogen-bond acceptors (Lipinski definition) is 4. The summed E-state index contributed by atoms with van der Waals surface area (Å²) in [5, 5.41) is 7.69. The zero-order chi connectivity index (χ0) is 16.1. The Morgan fingerprint density at radius 2 is 2.09 bits per heavy atom. The maximum absolute atomic E-state index is 12.7. The molecule has 2 atom stereocenters. The van der Waals surface area contributed by atoms with Gasteiger partial charge in [0, 0.05) is 25.8 Å². The Morgan fingerprint density at radius 3 is 2.64 bits per heavy atom. The molecule has 0 bridgehead atoms. The minimum absolute atomic E-state index is 0.133. The lowest BCUT2D eigenvalue weighted by atomic mass is 9.93. The van der Waals surface area contributed by atoms with Crippen molar-refractivity contribution in [2.75, 3.05) is 11.4 Å². The number of rotatable bonds is 3. The molecule has 2 fully saturated rings. The van der Waals surface area contributed by atoms with Gasteiger partial charge in [0.2, 0.25) is 5.91 Å². The van der Waals surface area contributed by atoms with Crippen molar-refractivity contribution in [2.45, 2.75) is 63.8 Å². The van der Waals surface area contributed by atoms with Crippen molar-refractivity contribution in [1.82, 2.24) is 15.1 Å². The maximum Gasteiger partial charge on any atom is 0.244 e. The van der Waals surface area contributed by atoms with Gasteiger partial charge in [-0.1, -0.05) is 0 Å². The number of aryl methyl sites for hydroxylation is 1. The molecule has 1 aromatic rings. The lowest BCUT2D eigenvalue weighted by Crippen LogP contribution is -2.50. The predicted molar refractivity (Wildman–Crippen MR) is 84.7 cm³/mol. The fourth-order valence-electron chi connectivity index (χ4n) is 3.70. The van der Waals surface area contributed by atoms with Crippen LogP contribution in [-0.4, -0.2) is 45.5 Å². The molecular weight excluding hydrogens is 280 g/mol. The second-order valence-corrected chi connectivity index (χ2v) is 7.59. The second-order valence-electron chi connectivity index (χ2n) is 7.59. The van der Waals surface area contributed by atoms with E-state index in [1.54, 1.807) is 10.9 Å². The van der Waals surface area contributed by atoms with Gasteiger partial charge in [0.1, 0.15) is 0 Å². The summed E-state index contributed by atoms with van der Waals surface area (Å²) in [5.74, 6) is 0.133. The number of nitrogens with one attached hydrogen (secondary N) is 1. The first-order chi connectivity index (χ1) is 10.2.